The molecule has 0 saturated carbocycles. The van der Waals surface area contributed by atoms with Crippen LogP contribution < -0.4 is 9.30 Å². The molecule has 36 heavy (non-hydrogen) atoms. The van der Waals surface area contributed by atoms with Gasteiger partial charge in [0.2, 0.25) is 5.69 Å². The number of rotatable bonds is 2. The quantitative estimate of drug-likeness (QED) is 0.177. The minimum atomic E-state index is -4.27. The highest BCUT2D eigenvalue weighted by atomic mass is 19.4. The van der Waals surface area contributed by atoms with E-state index in [4.69, 9.17) is 4.74 Å². The number of aromatic nitrogens is 1. The summed E-state index contributed by atoms with van der Waals surface area (Å²) >= 11 is 0. The number of nitrogens with zero attached hydrogens (tertiary/aromatic N) is 1. The number of fused-ring (bicyclic) bond motifs is 5. The molecule has 1 aromatic heterocycles. The van der Waals surface area contributed by atoms with Crippen molar-refractivity contribution in [1.29, 1.82) is 0 Å². The fourth-order valence-corrected chi connectivity index (χ4v) is 5.69. The topological polar surface area (TPSA) is 13.1 Å². The first-order valence-electron chi connectivity index (χ1n) is 12.1. The Bertz CT molecular complexity index is 1730. The first kappa shape index (κ1) is 22.8. The average molecular weight is 487 g/mol. The monoisotopic (exact) mass is 486 g/mol. The molecule has 182 valence electrons. The van der Waals surface area contributed by atoms with Gasteiger partial charge in [-0.3, -0.25) is 0 Å². The van der Waals surface area contributed by atoms with E-state index in [9.17, 15) is 13.2 Å². The lowest BCUT2D eigenvalue weighted by Gasteiger charge is -2.28. The van der Waals surface area contributed by atoms with Gasteiger partial charge in [0.15, 0.2) is 6.20 Å². The van der Waals surface area contributed by atoms with Gasteiger partial charge in [0.1, 0.15) is 18.5 Å². The predicted octanol–water partition coefficient (Wildman–Crippen LogP) is 8.49. The van der Waals surface area contributed by atoms with Crippen LogP contribution in [0, 0.1) is 19.3 Å². The highest BCUT2D eigenvalue weighted by molar-refractivity contribution is 6.16. The maximum Gasteiger partial charge on any atom is 0.394 e. The molecule has 2 nitrogen and oxygen atoms in total. The summed E-state index contributed by atoms with van der Waals surface area (Å²) in [6.07, 6.45) is -2.30. The molecule has 0 radical (unpaired) electrons. The lowest BCUT2D eigenvalue weighted by Crippen LogP contribution is -2.34. The number of benzene rings is 4. The molecule has 4 aromatic carbocycles. The van der Waals surface area contributed by atoms with Crippen molar-refractivity contribution in [3.8, 4) is 22.8 Å². The van der Waals surface area contributed by atoms with Gasteiger partial charge >= 0.3 is 6.18 Å². The van der Waals surface area contributed by atoms with Gasteiger partial charge in [0.05, 0.1) is 16.4 Å². The maximum absolute atomic E-state index is 13.5. The Labute approximate surface area is 207 Å². The summed E-state index contributed by atoms with van der Waals surface area (Å²) < 4.78 is 49.4. The molecule has 2 heterocycles. The summed E-state index contributed by atoms with van der Waals surface area (Å²) in [5.74, 6) is 1.58. The van der Waals surface area contributed by atoms with Gasteiger partial charge in [-0.25, -0.2) is 4.57 Å². The van der Waals surface area contributed by atoms with E-state index in [2.05, 4.69) is 48.9 Å². The van der Waals surface area contributed by atoms with E-state index < -0.39 is 11.6 Å². The highest BCUT2D eigenvalue weighted by Gasteiger charge is 2.47. The Morgan fingerprint density at radius 3 is 2.22 bits per heavy atom. The molecule has 0 saturated heterocycles. The molecule has 0 atom stereocenters. The van der Waals surface area contributed by atoms with E-state index in [1.54, 1.807) is 0 Å². The van der Waals surface area contributed by atoms with Crippen molar-refractivity contribution in [3.63, 3.8) is 0 Å². The zero-order valence-electron chi connectivity index (χ0n) is 21.0. The van der Waals surface area contributed by atoms with Crippen LogP contribution in [0.2, 0.25) is 0 Å². The van der Waals surface area contributed by atoms with Crippen LogP contribution in [0.25, 0.3) is 43.6 Å². The second-order valence-electron chi connectivity index (χ2n) is 10.7. The first-order valence-corrected chi connectivity index (χ1v) is 12.1. The number of halogens is 3. The van der Waals surface area contributed by atoms with Crippen molar-refractivity contribution >= 4 is 32.3 Å². The van der Waals surface area contributed by atoms with Crippen LogP contribution in [-0.4, -0.2) is 6.18 Å². The van der Waals surface area contributed by atoms with Gasteiger partial charge in [-0.1, -0.05) is 56.3 Å². The molecular weight excluding hydrogens is 459 g/mol. The number of aryl methyl sites for hydroxylation is 3. The molecule has 5 aromatic rings. The van der Waals surface area contributed by atoms with Crippen LogP contribution in [0.4, 0.5) is 13.2 Å². The Morgan fingerprint density at radius 1 is 0.833 bits per heavy atom. The molecular formula is C31H27F3NO+. The van der Waals surface area contributed by atoms with E-state index in [0.717, 1.165) is 55.3 Å². The molecule has 1 aliphatic rings. The average Bonchev–Trinajstić information content (AvgIpc) is 2.82. The second-order valence-corrected chi connectivity index (χ2v) is 10.7. The third-order valence-corrected chi connectivity index (χ3v) is 7.80. The van der Waals surface area contributed by atoms with Crippen LogP contribution in [0.15, 0.2) is 60.8 Å². The predicted molar refractivity (Wildman–Crippen MR) is 139 cm³/mol. The minimum Gasteiger partial charge on any atom is -0.455 e. The van der Waals surface area contributed by atoms with Crippen molar-refractivity contribution in [3.05, 3.63) is 77.5 Å². The van der Waals surface area contributed by atoms with Gasteiger partial charge in [-0.15, -0.1) is 0 Å². The van der Waals surface area contributed by atoms with Crippen molar-refractivity contribution in [1.82, 2.24) is 0 Å². The Kier molecular flexibility index (Phi) is 4.73. The van der Waals surface area contributed by atoms with Crippen molar-refractivity contribution in [2.24, 2.45) is 12.5 Å². The standard InChI is InChI=1S/C31H27F3NO/c1-17-21-8-6-7-9-22(21)18(2)29-26(17)28-27-24(12-13-35(28)5)23-11-10-19(14-20(23)15-25(27)36-29)16-30(3,4)31(32,33)34/h6-15H,16H2,1-5H3/q+1. The van der Waals surface area contributed by atoms with Gasteiger partial charge in [-0.05, 0) is 59.0 Å². The largest absolute Gasteiger partial charge is 0.455 e. The first-order chi connectivity index (χ1) is 17.0. The van der Waals surface area contributed by atoms with Crippen LogP contribution >= 0.6 is 0 Å². The van der Waals surface area contributed by atoms with Crippen LogP contribution in [-0.2, 0) is 13.5 Å². The van der Waals surface area contributed by atoms with E-state index in [0.29, 0.717) is 5.56 Å². The lowest BCUT2D eigenvalue weighted by atomic mass is 9.84. The number of alkyl halides is 3. The van der Waals surface area contributed by atoms with Gasteiger partial charge in [0.25, 0.3) is 0 Å². The van der Waals surface area contributed by atoms with Gasteiger partial charge in [-0.2, -0.15) is 13.2 Å². The summed E-state index contributed by atoms with van der Waals surface area (Å²) in [5.41, 5.74) is 3.29. The molecule has 0 spiro atoms. The zero-order valence-corrected chi connectivity index (χ0v) is 21.0. The molecule has 0 bridgehead atoms. The Morgan fingerprint density at radius 2 is 1.53 bits per heavy atom. The fraction of sp³-hybridized carbons (Fsp3) is 0.258. The van der Waals surface area contributed by atoms with Gasteiger partial charge < -0.3 is 4.74 Å². The Balaban J connectivity index is 1.63. The smallest absolute Gasteiger partial charge is 0.394 e. The number of hydrogen-bond acceptors (Lipinski definition) is 1. The molecule has 6 rings (SSSR count). The number of hydrogen-bond donors (Lipinski definition) is 0. The summed E-state index contributed by atoms with van der Waals surface area (Å²) in [7, 11) is 2.05. The van der Waals surface area contributed by atoms with E-state index in [1.165, 1.54) is 24.8 Å². The fourth-order valence-electron chi connectivity index (χ4n) is 5.69. The lowest BCUT2D eigenvalue weighted by molar-refractivity contribution is -0.659. The normalized spacial score (nSPS) is 13.3. The highest BCUT2D eigenvalue weighted by Crippen LogP contribution is 2.51. The molecule has 0 fully saturated rings. The minimum absolute atomic E-state index is 0.0806. The zero-order chi connectivity index (χ0) is 25.6. The SMILES string of the molecule is Cc1c2c(c(C)c3ccccc13)-c1c3c(cc4cc(CC(C)(C)C(F)(F)F)ccc4c3cc[n+]1C)O2. The van der Waals surface area contributed by atoms with E-state index in [1.807, 2.05) is 37.4 Å². The molecule has 1 aliphatic heterocycles. The molecule has 5 heteroatoms. The molecule has 0 aliphatic carbocycles. The van der Waals surface area contributed by atoms with Crippen LogP contribution in [0.3, 0.4) is 0 Å². The van der Waals surface area contributed by atoms with Crippen LogP contribution in [0.5, 0.6) is 11.5 Å². The summed E-state index contributed by atoms with van der Waals surface area (Å²) in [6, 6.07) is 18.1. The third-order valence-electron chi connectivity index (χ3n) is 7.80. The Hall–Kier alpha value is -3.60. The van der Waals surface area contributed by atoms with Crippen LogP contribution in [0.1, 0.15) is 30.5 Å². The summed E-state index contributed by atoms with van der Waals surface area (Å²) in [4.78, 5) is 0. The van der Waals surface area contributed by atoms with E-state index >= 15 is 0 Å². The van der Waals surface area contributed by atoms with Crippen molar-refractivity contribution < 1.29 is 22.5 Å². The van der Waals surface area contributed by atoms with Gasteiger partial charge in [0, 0.05) is 17.0 Å². The summed E-state index contributed by atoms with van der Waals surface area (Å²) in [6.45, 7) is 6.74. The molecule has 0 N–H and O–H groups in total. The third kappa shape index (κ3) is 3.15. The number of ether oxygens (including phenoxy) is 1. The van der Waals surface area contributed by atoms with Crippen molar-refractivity contribution in [2.75, 3.05) is 0 Å². The van der Waals surface area contributed by atoms with Crippen molar-refractivity contribution in [2.45, 2.75) is 40.3 Å². The second kappa shape index (κ2) is 7.45. The maximum atomic E-state index is 13.5. The molecule has 0 unspecified atom stereocenters. The van der Waals surface area contributed by atoms with E-state index in [-0.39, 0.29) is 6.42 Å². The number of pyridine rings is 1. The summed E-state index contributed by atoms with van der Waals surface area (Å²) in [5, 5.41) is 6.31. The molecule has 0 amide bonds.